The normalized spacial score (nSPS) is 22.1. The number of nitrogens with two attached hydrogens (primary N) is 1. The maximum absolute atomic E-state index is 12.4. The molecule has 3 N–H and O–H groups in total. The number of primary amides is 1. The number of carbonyl (C=O) groups excluding carboxylic acids is 2. The highest BCUT2D eigenvalue weighted by molar-refractivity contribution is 6.06. The topological polar surface area (TPSA) is 81.4 Å². The molecule has 2 rings (SSSR count). The molecule has 0 saturated heterocycles. The lowest BCUT2D eigenvalue weighted by Crippen LogP contribution is -2.52. The lowest BCUT2D eigenvalue weighted by atomic mass is 9.97. The molecule has 0 aromatic heterocycles. The number of halogens is 1. The zero-order valence-corrected chi connectivity index (χ0v) is 9.12. The molecular weight excluding hydrogens is 227 g/mol. The van der Waals surface area contributed by atoms with Crippen LogP contribution >= 0.6 is 0 Å². The van der Waals surface area contributed by atoms with Gasteiger partial charge in [-0.15, -0.1) is 0 Å². The second-order valence-corrected chi connectivity index (χ2v) is 3.75. The third kappa shape index (κ3) is 1.49. The molecule has 1 aromatic carbocycles. The average molecular weight is 238 g/mol. The van der Waals surface area contributed by atoms with Crippen LogP contribution in [0, 0.1) is 6.92 Å². The predicted octanol–water partition coefficient (Wildman–Crippen LogP) is 0.320. The van der Waals surface area contributed by atoms with E-state index < -0.39 is 24.4 Å². The van der Waals surface area contributed by atoms with E-state index in [4.69, 9.17) is 10.5 Å². The fourth-order valence-electron chi connectivity index (χ4n) is 2.01. The minimum Gasteiger partial charge on any atom is -0.365 e. The Hall–Kier alpha value is -1.95. The second kappa shape index (κ2) is 3.81. The van der Waals surface area contributed by atoms with E-state index in [2.05, 4.69) is 5.32 Å². The molecule has 0 saturated carbocycles. The fourth-order valence-corrected chi connectivity index (χ4v) is 2.01. The van der Waals surface area contributed by atoms with Gasteiger partial charge in [0.15, 0.2) is 6.86 Å². The number of hydrogen-bond acceptors (Lipinski definition) is 3. The Morgan fingerprint density at radius 3 is 2.88 bits per heavy atom. The van der Waals surface area contributed by atoms with E-state index >= 15 is 0 Å². The van der Waals surface area contributed by atoms with Crippen LogP contribution in [0.4, 0.5) is 4.39 Å². The molecule has 0 radical (unpaired) electrons. The number of alkyl halides is 1. The molecule has 0 spiro atoms. The monoisotopic (exact) mass is 238 g/mol. The van der Waals surface area contributed by atoms with Gasteiger partial charge in [0.2, 0.25) is 0 Å². The van der Waals surface area contributed by atoms with Gasteiger partial charge in [-0.3, -0.25) is 9.59 Å². The van der Waals surface area contributed by atoms with Gasteiger partial charge in [-0.25, -0.2) is 4.39 Å². The lowest BCUT2D eigenvalue weighted by Gasteiger charge is -2.25. The highest BCUT2D eigenvalue weighted by Gasteiger charge is 2.49. The summed E-state index contributed by atoms with van der Waals surface area (Å²) in [6.45, 7) is 0.488. The zero-order chi connectivity index (χ0) is 12.6. The molecule has 1 aliphatic heterocycles. The highest BCUT2D eigenvalue weighted by atomic mass is 19.1. The molecule has 1 heterocycles. The summed E-state index contributed by atoms with van der Waals surface area (Å²) in [5.74, 6) is -1.45. The number of nitrogens with one attached hydrogen (secondary N) is 1. The molecular formula is C11H11FN2O3. The van der Waals surface area contributed by atoms with Crippen LogP contribution in [0.5, 0.6) is 0 Å². The van der Waals surface area contributed by atoms with Crippen LogP contribution in [-0.2, 0) is 15.3 Å². The van der Waals surface area contributed by atoms with Crippen LogP contribution in [0.15, 0.2) is 18.2 Å². The van der Waals surface area contributed by atoms with E-state index in [1.54, 1.807) is 19.1 Å². The van der Waals surface area contributed by atoms with Crippen LogP contribution in [0.25, 0.3) is 0 Å². The lowest BCUT2D eigenvalue weighted by molar-refractivity contribution is -0.155. The standard InChI is InChI=1S/C11H11FN2O3/c1-6-3-2-4-7-8(6)9(15)14-11(7,10(13)16)17-5-12/h2-4H,5H2,1H3,(H2,13,16)(H,14,15). The summed E-state index contributed by atoms with van der Waals surface area (Å²) in [5.41, 5.74) is 4.54. The van der Waals surface area contributed by atoms with Crippen LogP contribution in [-0.4, -0.2) is 18.7 Å². The van der Waals surface area contributed by atoms with Crippen molar-refractivity contribution >= 4 is 11.8 Å². The molecule has 0 fully saturated rings. The Morgan fingerprint density at radius 2 is 2.29 bits per heavy atom. The number of carbonyl (C=O) groups is 2. The molecule has 0 aliphatic carbocycles. The molecule has 90 valence electrons. The second-order valence-electron chi connectivity index (χ2n) is 3.75. The van der Waals surface area contributed by atoms with Crippen molar-refractivity contribution in [3.05, 3.63) is 34.9 Å². The van der Waals surface area contributed by atoms with Gasteiger partial charge in [-0.05, 0) is 12.5 Å². The van der Waals surface area contributed by atoms with Crippen molar-refractivity contribution in [3.63, 3.8) is 0 Å². The number of benzene rings is 1. The number of hydrogen-bond donors (Lipinski definition) is 2. The van der Waals surface area contributed by atoms with E-state index in [-0.39, 0.29) is 5.56 Å². The summed E-state index contributed by atoms with van der Waals surface area (Å²) in [6, 6.07) is 4.87. The molecule has 2 amide bonds. The Balaban J connectivity index is 2.66. The molecule has 6 heteroatoms. The third-order valence-corrected chi connectivity index (χ3v) is 2.79. The summed E-state index contributed by atoms with van der Waals surface area (Å²) in [4.78, 5) is 23.2. The quantitative estimate of drug-likeness (QED) is 0.795. The van der Waals surface area contributed by atoms with Gasteiger partial charge in [-0.1, -0.05) is 18.2 Å². The van der Waals surface area contributed by atoms with Crippen molar-refractivity contribution in [2.75, 3.05) is 6.86 Å². The predicted molar refractivity (Wildman–Crippen MR) is 56.6 cm³/mol. The van der Waals surface area contributed by atoms with Crippen molar-refractivity contribution < 1.29 is 18.7 Å². The Labute approximate surface area is 96.7 Å². The maximum atomic E-state index is 12.4. The molecule has 1 aromatic rings. The van der Waals surface area contributed by atoms with E-state index in [9.17, 15) is 14.0 Å². The van der Waals surface area contributed by atoms with E-state index in [1.165, 1.54) is 6.07 Å². The van der Waals surface area contributed by atoms with E-state index in [0.29, 0.717) is 11.1 Å². The molecule has 1 atom stereocenters. The van der Waals surface area contributed by atoms with E-state index in [0.717, 1.165) is 0 Å². The minimum atomic E-state index is -1.90. The summed E-state index contributed by atoms with van der Waals surface area (Å²) >= 11 is 0. The summed E-state index contributed by atoms with van der Waals surface area (Å²) in [6.07, 6.45) is 0. The fraction of sp³-hybridized carbons (Fsp3) is 0.273. The first-order chi connectivity index (χ1) is 8.03. The Bertz CT molecular complexity index is 503. The number of amides is 2. The Morgan fingerprint density at radius 1 is 1.59 bits per heavy atom. The van der Waals surface area contributed by atoms with Gasteiger partial charge < -0.3 is 15.8 Å². The first-order valence-electron chi connectivity index (χ1n) is 4.95. The van der Waals surface area contributed by atoms with Crippen molar-refractivity contribution in [2.45, 2.75) is 12.6 Å². The van der Waals surface area contributed by atoms with Gasteiger partial charge in [0.1, 0.15) is 0 Å². The van der Waals surface area contributed by atoms with Gasteiger partial charge in [0.05, 0.1) is 5.56 Å². The first-order valence-corrected chi connectivity index (χ1v) is 4.95. The third-order valence-electron chi connectivity index (χ3n) is 2.79. The summed E-state index contributed by atoms with van der Waals surface area (Å²) in [7, 11) is 0. The van der Waals surface area contributed by atoms with E-state index in [1.807, 2.05) is 0 Å². The number of rotatable bonds is 3. The summed E-state index contributed by atoms with van der Waals surface area (Å²) < 4.78 is 17.1. The molecule has 5 nitrogen and oxygen atoms in total. The van der Waals surface area contributed by atoms with Crippen molar-refractivity contribution in [1.82, 2.24) is 5.32 Å². The first kappa shape index (κ1) is 11.5. The largest absolute Gasteiger partial charge is 0.365 e. The highest BCUT2D eigenvalue weighted by Crippen LogP contribution is 2.33. The van der Waals surface area contributed by atoms with Gasteiger partial charge in [-0.2, -0.15) is 0 Å². The molecule has 17 heavy (non-hydrogen) atoms. The average Bonchev–Trinajstić information content (AvgIpc) is 2.55. The Kier molecular flexibility index (Phi) is 2.59. The van der Waals surface area contributed by atoms with Crippen molar-refractivity contribution in [1.29, 1.82) is 0 Å². The van der Waals surface area contributed by atoms with Crippen molar-refractivity contribution in [3.8, 4) is 0 Å². The maximum Gasteiger partial charge on any atom is 0.276 e. The van der Waals surface area contributed by atoms with Gasteiger partial charge >= 0.3 is 0 Å². The SMILES string of the molecule is Cc1cccc2c1C(=O)NC2(OCF)C(N)=O. The van der Waals surface area contributed by atoms with Crippen LogP contribution in [0.3, 0.4) is 0 Å². The van der Waals surface area contributed by atoms with Crippen molar-refractivity contribution in [2.24, 2.45) is 5.73 Å². The van der Waals surface area contributed by atoms with Crippen LogP contribution in [0.1, 0.15) is 21.5 Å². The van der Waals surface area contributed by atoms with Crippen LogP contribution in [0.2, 0.25) is 0 Å². The molecule has 0 bridgehead atoms. The number of fused-ring (bicyclic) bond motifs is 1. The molecule has 1 unspecified atom stereocenters. The number of ether oxygens (including phenoxy) is 1. The van der Waals surface area contributed by atoms with Gasteiger partial charge in [0, 0.05) is 5.56 Å². The zero-order valence-electron chi connectivity index (χ0n) is 9.12. The van der Waals surface area contributed by atoms with Gasteiger partial charge in [0.25, 0.3) is 17.5 Å². The smallest absolute Gasteiger partial charge is 0.276 e. The van der Waals surface area contributed by atoms with Crippen LogP contribution < -0.4 is 11.1 Å². The summed E-state index contributed by atoms with van der Waals surface area (Å²) in [5, 5.41) is 2.30. The number of aryl methyl sites for hydroxylation is 1. The molecule has 1 aliphatic rings. The minimum absolute atomic E-state index is 0.257.